The molecule has 3 rings (SSSR count). The molecule has 104 valence electrons. The van der Waals surface area contributed by atoms with Crippen LogP contribution in [0, 0.1) is 0 Å². The Hall–Kier alpha value is -2.51. The number of hydrogen-bond acceptors (Lipinski definition) is 3. The number of benzene rings is 2. The number of Topliss-reactive ketones (excluding diaryl/α,β-unsaturated/α-hetero) is 1. The summed E-state index contributed by atoms with van der Waals surface area (Å²) in [6, 6.07) is 17.6. The first kappa shape index (κ1) is 13.5. The van der Waals surface area contributed by atoms with Gasteiger partial charge >= 0.3 is 0 Å². The van der Waals surface area contributed by atoms with Crippen LogP contribution in [0.15, 0.2) is 59.6 Å². The number of carbonyl (C=O) groups excluding carboxylic acids is 2. The maximum atomic E-state index is 12.2. The highest BCUT2D eigenvalue weighted by atomic mass is 16.1. The molecule has 0 aromatic heterocycles. The fourth-order valence-corrected chi connectivity index (χ4v) is 3.22. The van der Waals surface area contributed by atoms with Crippen molar-refractivity contribution in [2.24, 2.45) is 4.99 Å². The minimum Gasteiger partial charge on any atom is -0.294 e. The Labute approximate surface area is 123 Å². The van der Waals surface area contributed by atoms with Gasteiger partial charge in [-0.3, -0.25) is 4.79 Å². The van der Waals surface area contributed by atoms with Crippen LogP contribution < -0.4 is 0 Å². The molecule has 3 heteroatoms. The third-order valence-corrected chi connectivity index (χ3v) is 4.26. The minimum absolute atomic E-state index is 0.159. The zero-order valence-corrected chi connectivity index (χ0v) is 11.6. The second-order valence-corrected chi connectivity index (χ2v) is 5.32. The van der Waals surface area contributed by atoms with Crippen molar-refractivity contribution >= 4 is 11.9 Å². The van der Waals surface area contributed by atoms with E-state index in [9.17, 15) is 9.59 Å². The van der Waals surface area contributed by atoms with E-state index >= 15 is 0 Å². The number of aliphatic imine (C=N–C) groups is 1. The molecule has 0 aliphatic heterocycles. The Morgan fingerprint density at radius 2 is 1.76 bits per heavy atom. The topological polar surface area (TPSA) is 46.5 Å². The van der Waals surface area contributed by atoms with Gasteiger partial charge in [0.25, 0.3) is 0 Å². The number of isocyanates is 1. The number of carbonyl (C=O) groups is 1. The summed E-state index contributed by atoms with van der Waals surface area (Å²) in [4.78, 5) is 26.7. The van der Waals surface area contributed by atoms with E-state index < -0.39 is 5.41 Å². The van der Waals surface area contributed by atoms with Gasteiger partial charge in [0.2, 0.25) is 6.08 Å². The van der Waals surface area contributed by atoms with Crippen LogP contribution in [0.5, 0.6) is 0 Å². The number of ketones is 1. The van der Waals surface area contributed by atoms with Crippen molar-refractivity contribution in [2.45, 2.75) is 18.3 Å². The van der Waals surface area contributed by atoms with Gasteiger partial charge in [-0.2, -0.15) is 0 Å². The normalized spacial score (nSPS) is 20.5. The smallest absolute Gasteiger partial charge is 0.234 e. The lowest BCUT2D eigenvalue weighted by Crippen LogP contribution is -2.37. The summed E-state index contributed by atoms with van der Waals surface area (Å²) in [6.45, 7) is 0.324. The zero-order chi connectivity index (χ0) is 14.7. The molecule has 0 bridgehead atoms. The van der Waals surface area contributed by atoms with E-state index in [0.29, 0.717) is 19.4 Å². The lowest BCUT2D eigenvalue weighted by Gasteiger charge is -2.37. The SMILES string of the molecule is O=C=NCC1(c2ccccc2)CCC(=O)c2ccccc21. The second-order valence-electron chi connectivity index (χ2n) is 5.32. The van der Waals surface area contributed by atoms with Crippen LogP contribution in [0.1, 0.15) is 34.3 Å². The third kappa shape index (κ3) is 2.22. The molecule has 0 heterocycles. The Bertz CT molecular complexity index is 717. The number of rotatable bonds is 3. The Kier molecular flexibility index (Phi) is 3.51. The molecule has 3 nitrogen and oxygen atoms in total. The quantitative estimate of drug-likeness (QED) is 0.638. The van der Waals surface area contributed by atoms with Gasteiger partial charge in [0.15, 0.2) is 5.78 Å². The van der Waals surface area contributed by atoms with Crippen LogP contribution in [0.3, 0.4) is 0 Å². The molecule has 0 amide bonds. The Morgan fingerprint density at radius 1 is 1.05 bits per heavy atom. The first-order chi connectivity index (χ1) is 10.3. The van der Waals surface area contributed by atoms with E-state index in [1.165, 1.54) is 0 Å². The van der Waals surface area contributed by atoms with Gasteiger partial charge < -0.3 is 0 Å². The highest BCUT2D eigenvalue weighted by Gasteiger charge is 2.40. The summed E-state index contributed by atoms with van der Waals surface area (Å²) in [7, 11) is 0. The second kappa shape index (κ2) is 5.47. The number of nitrogens with zero attached hydrogens (tertiary/aromatic N) is 1. The van der Waals surface area contributed by atoms with Gasteiger partial charge in [0, 0.05) is 17.4 Å². The molecule has 0 saturated carbocycles. The minimum atomic E-state index is -0.414. The zero-order valence-electron chi connectivity index (χ0n) is 11.6. The monoisotopic (exact) mass is 277 g/mol. The van der Waals surface area contributed by atoms with Crippen LogP contribution in [0.2, 0.25) is 0 Å². The molecule has 1 aliphatic rings. The molecule has 0 fully saturated rings. The van der Waals surface area contributed by atoms with Crippen LogP contribution in [0.4, 0.5) is 0 Å². The average molecular weight is 277 g/mol. The fourth-order valence-electron chi connectivity index (χ4n) is 3.22. The van der Waals surface area contributed by atoms with Gasteiger partial charge in [0.05, 0.1) is 6.54 Å². The van der Waals surface area contributed by atoms with E-state index in [2.05, 4.69) is 4.99 Å². The molecule has 2 aromatic carbocycles. The lowest BCUT2D eigenvalue weighted by atomic mass is 9.65. The maximum Gasteiger partial charge on any atom is 0.234 e. The van der Waals surface area contributed by atoms with E-state index in [-0.39, 0.29) is 5.78 Å². The van der Waals surface area contributed by atoms with Crippen LogP contribution in [0.25, 0.3) is 0 Å². The van der Waals surface area contributed by atoms with E-state index in [1.807, 2.05) is 54.6 Å². The summed E-state index contributed by atoms with van der Waals surface area (Å²) in [5, 5.41) is 0. The van der Waals surface area contributed by atoms with Crippen molar-refractivity contribution in [3.63, 3.8) is 0 Å². The van der Waals surface area contributed by atoms with Crippen molar-refractivity contribution in [2.75, 3.05) is 6.54 Å². The summed E-state index contributed by atoms with van der Waals surface area (Å²) in [6.07, 6.45) is 2.78. The first-order valence-electron chi connectivity index (χ1n) is 7.00. The first-order valence-corrected chi connectivity index (χ1v) is 7.00. The average Bonchev–Trinajstić information content (AvgIpc) is 2.56. The van der Waals surface area contributed by atoms with Gasteiger partial charge in [-0.15, -0.1) is 0 Å². The maximum absolute atomic E-state index is 12.2. The largest absolute Gasteiger partial charge is 0.294 e. The molecular formula is C18H15NO2. The number of fused-ring (bicyclic) bond motifs is 1. The molecular weight excluding hydrogens is 262 g/mol. The van der Waals surface area contributed by atoms with Gasteiger partial charge in [-0.1, -0.05) is 54.6 Å². The molecule has 0 radical (unpaired) electrons. The highest BCUT2D eigenvalue weighted by molar-refractivity contribution is 5.99. The van der Waals surface area contributed by atoms with Crippen molar-refractivity contribution in [1.29, 1.82) is 0 Å². The lowest BCUT2D eigenvalue weighted by molar-refractivity contribution is 0.0958. The van der Waals surface area contributed by atoms with Crippen molar-refractivity contribution in [3.8, 4) is 0 Å². The molecule has 0 N–H and O–H groups in total. The fraction of sp³-hybridized carbons (Fsp3) is 0.222. The van der Waals surface area contributed by atoms with Crippen LogP contribution in [-0.2, 0) is 10.2 Å². The van der Waals surface area contributed by atoms with Gasteiger partial charge in [0.1, 0.15) is 0 Å². The summed E-state index contributed by atoms with van der Waals surface area (Å²) in [5.74, 6) is 0.159. The predicted octanol–water partition coefficient (Wildman–Crippen LogP) is 3.29. The Balaban J connectivity index is 2.24. The summed E-state index contributed by atoms with van der Waals surface area (Å²) >= 11 is 0. The predicted molar refractivity (Wildman–Crippen MR) is 80.2 cm³/mol. The number of hydrogen-bond donors (Lipinski definition) is 0. The van der Waals surface area contributed by atoms with Gasteiger partial charge in [-0.05, 0) is 17.5 Å². The Morgan fingerprint density at radius 3 is 2.52 bits per heavy atom. The highest BCUT2D eigenvalue weighted by Crippen LogP contribution is 2.42. The van der Waals surface area contributed by atoms with Crippen molar-refractivity contribution in [1.82, 2.24) is 0 Å². The van der Waals surface area contributed by atoms with E-state index in [1.54, 1.807) is 6.08 Å². The van der Waals surface area contributed by atoms with E-state index in [4.69, 9.17) is 0 Å². The molecule has 2 aromatic rings. The third-order valence-electron chi connectivity index (χ3n) is 4.26. The molecule has 0 spiro atoms. The molecule has 0 saturated heterocycles. The van der Waals surface area contributed by atoms with Crippen LogP contribution in [-0.4, -0.2) is 18.4 Å². The van der Waals surface area contributed by atoms with Crippen LogP contribution >= 0.6 is 0 Å². The van der Waals surface area contributed by atoms with Crippen molar-refractivity contribution < 1.29 is 9.59 Å². The summed E-state index contributed by atoms with van der Waals surface area (Å²) in [5.41, 5.74) is 2.38. The molecule has 1 aliphatic carbocycles. The molecule has 21 heavy (non-hydrogen) atoms. The summed E-state index contributed by atoms with van der Waals surface area (Å²) < 4.78 is 0. The van der Waals surface area contributed by atoms with Gasteiger partial charge in [-0.25, -0.2) is 9.79 Å². The molecule has 1 unspecified atom stereocenters. The van der Waals surface area contributed by atoms with E-state index in [0.717, 1.165) is 16.7 Å². The van der Waals surface area contributed by atoms with Crippen molar-refractivity contribution in [3.05, 3.63) is 71.3 Å². The molecule has 1 atom stereocenters. The standard InChI is InChI=1S/C18H15NO2/c20-13-19-12-18(14-6-2-1-3-7-14)11-10-17(21)15-8-4-5-9-16(15)18/h1-9H,10-12H2.